The third-order valence-electron chi connectivity index (χ3n) is 2.86. The van der Waals surface area contributed by atoms with Gasteiger partial charge < -0.3 is 10.0 Å². The van der Waals surface area contributed by atoms with E-state index in [1.165, 1.54) is 24.1 Å². The maximum absolute atomic E-state index is 8.87. The Morgan fingerprint density at radius 3 is 2.60 bits per heavy atom. The van der Waals surface area contributed by atoms with E-state index >= 15 is 0 Å². The van der Waals surface area contributed by atoms with Crippen molar-refractivity contribution in [3.8, 4) is 0 Å². The summed E-state index contributed by atoms with van der Waals surface area (Å²) in [5, 5.41) is 8.87. The van der Waals surface area contributed by atoms with Crippen LogP contribution in [-0.4, -0.2) is 24.8 Å². The number of aliphatic hydroxyl groups excluding tert-OH is 1. The van der Waals surface area contributed by atoms with Crippen molar-refractivity contribution in [2.75, 3.05) is 24.6 Å². The molecular weight excluding hydrogens is 254 g/mol. The van der Waals surface area contributed by atoms with Gasteiger partial charge in [0, 0.05) is 24.2 Å². The van der Waals surface area contributed by atoms with E-state index in [1.54, 1.807) is 0 Å². The molecule has 0 radical (unpaired) electrons. The highest BCUT2D eigenvalue weighted by Crippen LogP contribution is 2.29. The van der Waals surface area contributed by atoms with E-state index in [0.29, 0.717) is 0 Å². The number of hydrogen-bond acceptors (Lipinski definition) is 2. The van der Waals surface area contributed by atoms with Crippen LogP contribution in [-0.2, 0) is 6.42 Å². The molecule has 82 valence electrons. The molecule has 1 aromatic carbocycles. The minimum atomic E-state index is 0.218. The summed E-state index contributed by atoms with van der Waals surface area (Å²) in [7, 11) is 0. The lowest BCUT2D eigenvalue weighted by molar-refractivity contribution is 0.299. The molecule has 0 atom stereocenters. The zero-order chi connectivity index (χ0) is 10.7. The van der Waals surface area contributed by atoms with Crippen LogP contribution >= 0.6 is 15.9 Å². The number of anilines is 1. The molecule has 0 unspecified atom stereocenters. The molecule has 1 aromatic rings. The number of rotatable bonds is 3. The maximum Gasteiger partial charge on any atom is 0.0510 e. The van der Waals surface area contributed by atoms with Crippen molar-refractivity contribution in [1.29, 1.82) is 0 Å². The van der Waals surface area contributed by atoms with Crippen molar-refractivity contribution in [3.05, 3.63) is 28.2 Å². The number of halogens is 1. The zero-order valence-corrected chi connectivity index (χ0v) is 10.3. The predicted octanol–water partition coefficient (Wildman–Crippen LogP) is 2.58. The molecule has 1 aliphatic heterocycles. The summed E-state index contributed by atoms with van der Waals surface area (Å²) < 4.78 is 1.15. The van der Waals surface area contributed by atoms with Gasteiger partial charge in [0.2, 0.25) is 0 Å². The highest BCUT2D eigenvalue weighted by Gasteiger charge is 2.14. The van der Waals surface area contributed by atoms with E-state index in [0.717, 1.165) is 24.0 Å². The lowest BCUT2D eigenvalue weighted by atomic mass is 10.1. The van der Waals surface area contributed by atoms with Gasteiger partial charge >= 0.3 is 0 Å². The summed E-state index contributed by atoms with van der Waals surface area (Å²) in [4.78, 5) is 2.41. The lowest BCUT2D eigenvalue weighted by Crippen LogP contribution is -2.18. The summed E-state index contributed by atoms with van der Waals surface area (Å²) in [5.41, 5.74) is 2.47. The van der Waals surface area contributed by atoms with Gasteiger partial charge in [0.25, 0.3) is 0 Å². The highest BCUT2D eigenvalue weighted by molar-refractivity contribution is 9.10. The van der Waals surface area contributed by atoms with Gasteiger partial charge in [-0.15, -0.1) is 0 Å². The van der Waals surface area contributed by atoms with Gasteiger partial charge in [0.1, 0.15) is 0 Å². The predicted molar refractivity (Wildman–Crippen MR) is 66.4 cm³/mol. The Morgan fingerprint density at radius 1 is 1.27 bits per heavy atom. The van der Waals surface area contributed by atoms with Crippen molar-refractivity contribution in [3.63, 3.8) is 0 Å². The van der Waals surface area contributed by atoms with Gasteiger partial charge in [0.15, 0.2) is 0 Å². The minimum Gasteiger partial charge on any atom is -0.396 e. The minimum absolute atomic E-state index is 0.218. The van der Waals surface area contributed by atoms with Crippen LogP contribution < -0.4 is 4.90 Å². The quantitative estimate of drug-likeness (QED) is 0.912. The van der Waals surface area contributed by atoms with Crippen molar-refractivity contribution >= 4 is 21.6 Å². The van der Waals surface area contributed by atoms with E-state index in [1.807, 2.05) is 0 Å². The second kappa shape index (κ2) is 4.99. The number of aliphatic hydroxyl groups is 1. The number of hydrogen-bond donors (Lipinski definition) is 1. The van der Waals surface area contributed by atoms with E-state index < -0.39 is 0 Å². The van der Waals surface area contributed by atoms with Gasteiger partial charge in [-0.05, 0) is 52.9 Å². The van der Waals surface area contributed by atoms with Crippen LogP contribution in [0, 0.1) is 0 Å². The molecule has 0 bridgehead atoms. The number of nitrogens with zero attached hydrogens (tertiary/aromatic N) is 1. The van der Waals surface area contributed by atoms with Crippen molar-refractivity contribution in [1.82, 2.24) is 0 Å². The molecule has 1 heterocycles. The van der Waals surface area contributed by atoms with Crippen LogP contribution in [0.4, 0.5) is 5.69 Å². The molecule has 0 aromatic heterocycles. The fourth-order valence-corrected chi connectivity index (χ4v) is 2.73. The van der Waals surface area contributed by atoms with Crippen molar-refractivity contribution in [2.45, 2.75) is 19.3 Å². The summed E-state index contributed by atoms with van der Waals surface area (Å²) >= 11 is 3.60. The molecule has 0 saturated carbocycles. The average Bonchev–Trinajstić information content (AvgIpc) is 2.71. The summed E-state index contributed by atoms with van der Waals surface area (Å²) in [6.45, 7) is 2.55. The fourth-order valence-electron chi connectivity index (χ4n) is 2.05. The van der Waals surface area contributed by atoms with Crippen LogP contribution in [0.15, 0.2) is 22.7 Å². The molecule has 0 spiro atoms. The van der Waals surface area contributed by atoms with Gasteiger partial charge in [-0.25, -0.2) is 0 Å². The van der Waals surface area contributed by atoms with Crippen LogP contribution in [0.1, 0.15) is 18.4 Å². The highest BCUT2D eigenvalue weighted by atomic mass is 79.9. The van der Waals surface area contributed by atoms with Gasteiger partial charge in [0.05, 0.1) is 5.69 Å². The van der Waals surface area contributed by atoms with Crippen molar-refractivity contribution in [2.24, 2.45) is 0 Å². The summed E-state index contributed by atoms with van der Waals surface area (Å²) in [6, 6.07) is 6.37. The largest absolute Gasteiger partial charge is 0.396 e. The molecule has 3 heteroatoms. The first kappa shape index (κ1) is 11.0. The second-order valence-corrected chi connectivity index (χ2v) is 4.81. The van der Waals surface area contributed by atoms with Gasteiger partial charge in [-0.2, -0.15) is 0 Å². The Bertz CT molecular complexity index is 334. The molecule has 0 aliphatic carbocycles. The molecule has 1 aliphatic rings. The number of benzene rings is 1. The van der Waals surface area contributed by atoms with Gasteiger partial charge in [-0.1, -0.05) is 6.07 Å². The van der Waals surface area contributed by atoms with E-state index in [2.05, 4.69) is 39.0 Å². The van der Waals surface area contributed by atoms with Crippen molar-refractivity contribution < 1.29 is 5.11 Å². The zero-order valence-electron chi connectivity index (χ0n) is 8.75. The molecular formula is C12H16BrNO. The van der Waals surface area contributed by atoms with Crippen LogP contribution in [0.3, 0.4) is 0 Å². The topological polar surface area (TPSA) is 23.5 Å². The third kappa shape index (κ3) is 2.52. The van der Waals surface area contributed by atoms with Gasteiger partial charge in [-0.3, -0.25) is 0 Å². The Kier molecular flexibility index (Phi) is 3.65. The first-order valence-corrected chi connectivity index (χ1v) is 6.25. The molecule has 1 fully saturated rings. The Hall–Kier alpha value is -0.540. The molecule has 0 amide bonds. The molecule has 15 heavy (non-hydrogen) atoms. The average molecular weight is 270 g/mol. The second-order valence-electron chi connectivity index (χ2n) is 3.95. The van der Waals surface area contributed by atoms with Crippen LogP contribution in [0.25, 0.3) is 0 Å². The Labute approximate surface area is 99.0 Å². The first-order chi connectivity index (χ1) is 7.31. The van der Waals surface area contributed by atoms with E-state index in [4.69, 9.17) is 5.11 Å². The molecule has 1 N–H and O–H groups in total. The molecule has 1 saturated heterocycles. The third-order valence-corrected chi connectivity index (χ3v) is 3.49. The smallest absolute Gasteiger partial charge is 0.0510 e. The van der Waals surface area contributed by atoms with Crippen LogP contribution in [0.5, 0.6) is 0 Å². The fraction of sp³-hybridized carbons (Fsp3) is 0.500. The summed E-state index contributed by atoms with van der Waals surface area (Å²) in [6.07, 6.45) is 3.33. The standard InChI is InChI=1S/C12H16BrNO/c13-11-9-10(5-8-15)3-4-12(11)14-6-1-2-7-14/h3-4,9,15H,1-2,5-8H2. The monoisotopic (exact) mass is 269 g/mol. The van der Waals surface area contributed by atoms with Crippen LogP contribution in [0.2, 0.25) is 0 Å². The Morgan fingerprint density at radius 2 is 2.00 bits per heavy atom. The molecule has 2 rings (SSSR count). The summed E-state index contributed by atoms with van der Waals surface area (Å²) in [5.74, 6) is 0. The first-order valence-electron chi connectivity index (χ1n) is 5.45. The SMILES string of the molecule is OCCc1ccc(N2CCCC2)c(Br)c1. The van der Waals surface area contributed by atoms with E-state index in [-0.39, 0.29) is 6.61 Å². The molecule has 2 nitrogen and oxygen atoms in total. The lowest BCUT2D eigenvalue weighted by Gasteiger charge is -2.19. The normalized spacial score (nSPS) is 16.0. The Balaban J connectivity index is 2.18. The maximum atomic E-state index is 8.87. The van der Waals surface area contributed by atoms with E-state index in [9.17, 15) is 0 Å².